The summed E-state index contributed by atoms with van der Waals surface area (Å²) in [5.41, 5.74) is 12.3. The Labute approximate surface area is 428 Å². The van der Waals surface area contributed by atoms with E-state index in [1.165, 1.54) is 33.4 Å². The van der Waals surface area contributed by atoms with E-state index in [0.717, 1.165) is 50.1 Å². The third-order valence-corrected chi connectivity index (χ3v) is 13.9. The normalized spacial score (nSPS) is 12.3. The van der Waals surface area contributed by atoms with Gasteiger partial charge < -0.3 is 13.9 Å². The predicted octanol–water partition coefficient (Wildman–Crippen LogP) is 15.4. The molecule has 7 aromatic carbocycles. The van der Waals surface area contributed by atoms with Gasteiger partial charge in [-0.3, -0.25) is 4.57 Å². The summed E-state index contributed by atoms with van der Waals surface area (Å²) in [5.74, 6) is 2.01. The molecule has 70 heavy (non-hydrogen) atoms. The molecule has 0 saturated carbocycles. The first-order valence-electron chi connectivity index (χ1n) is 24.0. The zero-order chi connectivity index (χ0) is 48.3. The van der Waals surface area contributed by atoms with Gasteiger partial charge in [0.1, 0.15) is 5.82 Å². The van der Waals surface area contributed by atoms with Crippen LogP contribution in [0.4, 0.5) is 0 Å². The van der Waals surface area contributed by atoms with Gasteiger partial charge in [0.05, 0.1) is 5.69 Å². The molecular weight excluding hydrogens is 1040 g/mol. The quantitative estimate of drug-likeness (QED) is 0.101. The van der Waals surface area contributed by atoms with Crippen molar-refractivity contribution < 1.29 is 30.4 Å². The van der Waals surface area contributed by atoms with E-state index in [0.29, 0.717) is 11.5 Å². The van der Waals surface area contributed by atoms with E-state index in [-0.39, 0.29) is 37.3 Å². The largest absolute Gasteiger partial charge is 0.510 e. The molecular formula is C64H60N4OPt-2. The van der Waals surface area contributed by atoms with Crippen molar-refractivity contribution >= 4 is 21.8 Å². The monoisotopic (exact) mass is 1100 g/mol. The molecule has 0 bridgehead atoms. The number of pyridine rings is 1. The zero-order valence-electron chi connectivity index (χ0n) is 41.8. The van der Waals surface area contributed by atoms with Gasteiger partial charge in [-0.05, 0) is 96.4 Å². The molecule has 6 heteroatoms. The Morgan fingerprint density at radius 1 is 0.529 bits per heavy atom. The van der Waals surface area contributed by atoms with E-state index in [9.17, 15) is 0 Å². The average molecular weight is 1100 g/mol. The summed E-state index contributed by atoms with van der Waals surface area (Å²) in [5, 5.41) is 2.26. The van der Waals surface area contributed by atoms with Crippen molar-refractivity contribution in [3.63, 3.8) is 0 Å². The Kier molecular flexibility index (Phi) is 12.7. The number of hydrogen-bond acceptors (Lipinski definition) is 2. The Bertz CT molecular complexity index is 3480. The molecule has 0 aliphatic rings. The van der Waals surface area contributed by atoms with E-state index in [2.05, 4.69) is 273 Å². The van der Waals surface area contributed by atoms with Crippen LogP contribution in [0.1, 0.15) is 103 Å². The first-order chi connectivity index (χ1) is 32.9. The molecule has 3 heterocycles. The molecule has 0 N–H and O–H groups in total. The first kappa shape index (κ1) is 48.2. The van der Waals surface area contributed by atoms with E-state index < -0.39 is 5.41 Å². The van der Waals surface area contributed by atoms with Crippen LogP contribution in [0.25, 0.3) is 50.1 Å². The molecule has 354 valence electrons. The molecule has 3 aromatic heterocycles. The van der Waals surface area contributed by atoms with Crippen LogP contribution in [0.2, 0.25) is 0 Å². The molecule has 0 fully saturated rings. The van der Waals surface area contributed by atoms with Crippen molar-refractivity contribution in [1.82, 2.24) is 14.1 Å². The van der Waals surface area contributed by atoms with Gasteiger partial charge >= 0.3 is 0 Å². The summed E-state index contributed by atoms with van der Waals surface area (Å²) in [4.78, 5) is 5.02. The van der Waals surface area contributed by atoms with Gasteiger partial charge in [-0.15, -0.1) is 35.4 Å². The predicted molar refractivity (Wildman–Crippen MR) is 282 cm³/mol. The zero-order valence-corrected chi connectivity index (χ0v) is 44.1. The number of imidazole rings is 1. The number of fused-ring (bicyclic) bond motifs is 3. The summed E-state index contributed by atoms with van der Waals surface area (Å²) in [6, 6.07) is 65.9. The second kappa shape index (κ2) is 18.5. The molecule has 0 unspecified atom stereocenters. The Balaban J connectivity index is 0.00000608. The molecule has 0 saturated heterocycles. The topological polar surface area (TPSA) is 35.9 Å². The minimum Gasteiger partial charge on any atom is -0.510 e. The summed E-state index contributed by atoms with van der Waals surface area (Å²) in [7, 11) is 0. The van der Waals surface area contributed by atoms with E-state index in [1.54, 1.807) is 0 Å². The van der Waals surface area contributed by atoms with E-state index in [1.807, 2.05) is 10.8 Å². The second-order valence-electron chi connectivity index (χ2n) is 21.5. The number of nitrogens with zero attached hydrogens (tertiary/aromatic N) is 4. The van der Waals surface area contributed by atoms with Crippen LogP contribution in [-0.4, -0.2) is 14.1 Å². The van der Waals surface area contributed by atoms with Crippen LogP contribution in [0.5, 0.6) is 11.5 Å². The Hall–Kier alpha value is -6.81. The van der Waals surface area contributed by atoms with Crippen molar-refractivity contribution in [2.24, 2.45) is 0 Å². The molecule has 10 aromatic rings. The third kappa shape index (κ3) is 9.20. The van der Waals surface area contributed by atoms with Gasteiger partial charge in [0.15, 0.2) is 0 Å². The van der Waals surface area contributed by atoms with Gasteiger partial charge in [0.2, 0.25) is 0 Å². The summed E-state index contributed by atoms with van der Waals surface area (Å²) in [6.07, 6.45) is 9.71. The van der Waals surface area contributed by atoms with Gasteiger partial charge in [-0.1, -0.05) is 195 Å². The minimum absolute atomic E-state index is 0. The van der Waals surface area contributed by atoms with Crippen LogP contribution in [0.15, 0.2) is 182 Å². The molecule has 0 aliphatic heterocycles. The van der Waals surface area contributed by atoms with Gasteiger partial charge in [-0.2, -0.15) is 6.07 Å². The van der Waals surface area contributed by atoms with Crippen LogP contribution >= 0.6 is 0 Å². The van der Waals surface area contributed by atoms with Crippen molar-refractivity contribution in [2.45, 2.75) is 90.9 Å². The van der Waals surface area contributed by atoms with Crippen LogP contribution in [0, 0.1) is 18.5 Å². The van der Waals surface area contributed by atoms with Crippen molar-refractivity contribution in [3.05, 3.63) is 234 Å². The molecule has 0 aliphatic carbocycles. The maximum Gasteiger partial charge on any atom is 0.267 e. The second-order valence-corrected chi connectivity index (χ2v) is 21.5. The van der Waals surface area contributed by atoms with Crippen molar-refractivity contribution in [1.29, 1.82) is 0 Å². The van der Waals surface area contributed by atoms with E-state index in [4.69, 9.17) is 9.72 Å². The third-order valence-electron chi connectivity index (χ3n) is 13.9. The molecule has 0 amide bonds. The standard InChI is InChI=1S/C64H60N4O.Pt/c1-61(2,3)48-30-31-65-59(39-48)68-57-29-21-20-28-55(57)60-56(64(9,10)47-26-18-13-19-27-47)41-54(42-58(60)68)69-53-38-50(63(7,8)46-24-16-12-17-25-46)37-52(40-53)67-33-32-66(43-67)51-35-45(44-22-14-11-15-23-44)34-49(36-51)62(4,5)6;/h11-39,41H,1-10H3;/q-2;. The number of hydrogen-bond donors (Lipinski definition) is 0. The summed E-state index contributed by atoms with van der Waals surface area (Å²) in [6.45, 7) is 22.7. The molecule has 0 spiro atoms. The van der Waals surface area contributed by atoms with Crippen molar-refractivity contribution in [3.8, 4) is 39.8 Å². The fraction of sp³-hybridized carbons (Fsp3) is 0.219. The number of ether oxygens (including phenoxy) is 1. The van der Waals surface area contributed by atoms with Crippen LogP contribution in [0.3, 0.4) is 0 Å². The molecule has 5 nitrogen and oxygen atoms in total. The maximum atomic E-state index is 7.19. The first-order valence-corrected chi connectivity index (χ1v) is 24.0. The SMILES string of the molecule is CC(C)(C)c1cc(-c2ccccc2)cc(-[n+]2[c-]n(-c3[c-]c(Oc4[c-]c5c(c(C(C)(C)c6ccccc6)c4)c4ccccc4n5-c4cc(C(C)(C)C)ccn4)cc(C(C)(C)c4ccccc4)c3)cc2)c1.[Pt]. The van der Waals surface area contributed by atoms with Gasteiger partial charge in [-0.25, -0.2) is 4.98 Å². The molecule has 0 atom stereocenters. The molecule has 10 rings (SSSR count). The van der Waals surface area contributed by atoms with E-state index >= 15 is 0 Å². The Morgan fingerprint density at radius 2 is 1.14 bits per heavy atom. The smallest absolute Gasteiger partial charge is 0.267 e. The fourth-order valence-electron chi connectivity index (χ4n) is 9.58. The number of rotatable bonds is 10. The van der Waals surface area contributed by atoms with Crippen LogP contribution in [-0.2, 0) is 42.7 Å². The minimum atomic E-state index is -0.424. The average Bonchev–Trinajstić information content (AvgIpc) is 3.98. The fourth-order valence-corrected chi connectivity index (χ4v) is 9.58. The van der Waals surface area contributed by atoms with Crippen molar-refractivity contribution in [2.75, 3.05) is 0 Å². The number of benzene rings is 7. The van der Waals surface area contributed by atoms with Crippen LogP contribution < -0.4 is 9.30 Å². The Morgan fingerprint density at radius 3 is 1.81 bits per heavy atom. The number of para-hydroxylation sites is 1. The van der Waals surface area contributed by atoms with Gasteiger partial charge in [0, 0.05) is 56.7 Å². The number of aromatic nitrogens is 4. The molecule has 0 radical (unpaired) electrons. The van der Waals surface area contributed by atoms with Gasteiger partial charge in [0.25, 0.3) is 6.33 Å². The summed E-state index contributed by atoms with van der Waals surface area (Å²) >= 11 is 0. The maximum absolute atomic E-state index is 7.19. The summed E-state index contributed by atoms with van der Waals surface area (Å²) < 4.78 is 13.5.